The first-order valence-electron chi connectivity index (χ1n) is 9.62. The lowest BCUT2D eigenvalue weighted by Crippen LogP contribution is -2.71. The molecular formula is C21H19N5O5S. The minimum absolute atomic E-state index is 0.0875. The van der Waals surface area contributed by atoms with E-state index in [1.54, 1.807) is 48.5 Å². The highest BCUT2D eigenvalue weighted by Crippen LogP contribution is 2.40. The van der Waals surface area contributed by atoms with Gasteiger partial charge in [0.2, 0.25) is 0 Å². The number of amides is 2. The number of carbonyl (C=O) groups is 3. The molecule has 4 rings (SSSR count). The van der Waals surface area contributed by atoms with Gasteiger partial charge in [-0.25, -0.2) is 9.78 Å². The predicted octanol–water partition coefficient (Wildman–Crippen LogP) is 1.20. The fourth-order valence-electron chi connectivity index (χ4n) is 3.31. The van der Waals surface area contributed by atoms with Crippen LogP contribution in [0.4, 0.5) is 5.82 Å². The number of fused-ring (bicyclic) bond motifs is 1. The number of carbonyl (C=O) groups excluding carboxylic acids is 2. The summed E-state index contributed by atoms with van der Waals surface area (Å²) >= 11 is 1.38. The molecule has 2 aromatic rings. The van der Waals surface area contributed by atoms with E-state index < -0.39 is 29.2 Å². The predicted molar refractivity (Wildman–Crippen MR) is 118 cm³/mol. The summed E-state index contributed by atoms with van der Waals surface area (Å²) in [5.74, 6) is -1.82. The van der Waals surface area contributed by atoms with E-state index in [4.69, 9.17) is 10.6 Å². The van der Waals surface area contributed by atoms with Gasteiger partial charge in [-0.05, 0) is 37.3 Å². The molecule has 1 fully saturated rings. The summed E-state index contributed by atoms with van der Waals surface area (Å²) in [6.07, 6.45) is 1.51. The van der Waals surface area contributed by atoms with E-state index in [0.29, 0.717) is 5.75 Å². The zero-order chi connectivity index (χ0) is 22.8. The van der Waals surface area contributed by atoms with E-state index in [1.807, 2.05) is 6.92 Å². The third-order valence-electron chi connectivity index (χ3n) is 4.77. The second-order valence-corrected chi connectivity index (χ2v) is 8.54. The van der Waals surface area contributed by atoms with Crippen LogP contribution in [0.3, 0.4) is 0 Å². The van der Waals surface area contributed by atoms with Crippen molar-refractivity contribution in [2.45, 2.75) is 23.6 Å². The number of hydrogen-bond acceptors (Lipinski definition) is 8. The number of pyridine rings is 1. The van der Waals surface area contributed by atoms with Crippen molar-refractivity contribution >= 4 is 41.1 Å². The smallest absolute Gasteiger partial charge is 0.352 e. The lowest BCUT2D eigenvalue weighted by atomic mass is 10.0. The number of benzene rings is 1. The van der Waals surface area contributed by atoms with Gasteiger partial charge in [0.1, 0.15) is 28.6 Å². The number of aromatic nitrogens is 1. The third-order valence-corrected chi connectivity index (χ3v) is 6.10. The average molecular weight is 453 g/mol. The number of carboxylic acid groups (broad SMARTS) is 1. The van der Waals surface area contributed by atoms with Gasteiger partial charge < -0.3 is 21.0 Å². The van der Waals surface area contributed by atoms with E-state index in [1.165, 1.54) is 22.7 Å². The molecule has 1 aromatic carbocycles. The van der Waals surface area contributed by atoms with Gasteiger partial charge >= 0.3 is 5.97 Å². The monoisotopic (exact) mass is 453 g/mol. The fourth-order valence-corrected chi connectivity index (χ4v) is 4.63. The number of nitrogen functional groups attached to an aromatic ring is 1. The van der Waals surface area contributed by atoms with Crippen LogP contribution < -0.4 is 15.9 Å². The first kappa shape index (κ1) is 21.4. The van der Waals surface area contributed by atoms with Gasteiger partial charge in [0.15, 0.2) is 11.5 Å². The summed E-state index contributed by atoms with van der Waals surface area (Å²) < 4.78 is 0. The van der Waals surface area contributed by atoms with Crippen LogP contribution in [-0.4, -0.2) is 55.2 Å². The normalized spacial score (nSPS) is 22.3. The summed E-state index contributed by atoms with van der Waals surface area (Å²) in [5, 5.41) is 15.3. The minimum atomic E-state index is -1.19. The maximum Gasteiger partial charge on any atom is 0.352 e. The Morgan fingerprint density at radius 3 is 2.66 bits per heavy atom. The van der Waals surface area contributed by atoms with Crippen LogP contribution in [-0.2, 0) is 14.4 Å². The number of anilines is 1. The average Bonchev–Trinajstić information content (AvgIpc) is 2.77. The minimum Gasteiger partial charge on any atom is -0.477 e. The van der Waals surface area contributed by atoms with Crippen LogP contribution in [0, 0.1) is 0 Å². The molecule has 0 spiro atoms. The third kappa shape index (κ3) is 4.14. The summed E-state index contributed by atoms with van der Waals surface area (Å²) in [6.45, 7) is 1.82. The molecule has 3 atom stereocenters. The van der Waals surface area contributed by atoms with E-state index in [-0.39, 0.29) is 28.2 Å². The van der Waals surface area contributed by atoms with Crippen molar-refractivity contribution in [1.82, 2.24) is 15.2 Å². The van der Waals surface area contributed by atoms with Crippen molar-refractivity contribution < 1.29 is 24.3 Å². The Hall–Kier alpha value is -3.86. The van der Waals surface area contributed by atoms with Gasteiger partial charge in [-0.15, -0.1) is 11.8 Å². The lowest BCUT2D eigenvalue weighted by molar-refractivity contribution is -0.150. The summed E-state index contributed by atoms with van der Waals surface area (Å²) in [4.78, 5) is 47.9. The molecule has 1 aromatic heterocycles. The Balaban J connectivity index is 1.58. The second-order valence-electron chi connectivity index (χ2n) is 7.04. The Kier molecular flexibility index (Phi) is 5.82. The standard InChI is InChI=1S/C21H19N5O5S/c1-11-10-14(21(29)30)26-19(28)17(20(26)32-11)24-18(27)16(13-8-5-9-15(22)23-13)25-31-12-6-3-2-4-7-12/h2-11,17,20H,1H3,(H2,22,23)(H,24,27)(H,29,30)/b25-16+/t11?,17?,20-/m1/s1. The van der Waals surface area contributed by atoms with E-state index in [2.05, 4.69) is 15.5 Å². The zero-order valence-electron chi connectivity index (χ0n) is 16.8. The number of nitrogens with two attached hydrogens (primary N) is 1. The van der Waals surface area contributed by atoms with Gasteiger partial charge in [0, 0.05) is 5.25 Å². The molecule has 10 nitrogen and oxygen atoms in total. The van der Waals surface area contributed by atoms with Crippen molar-refractivity contribution in [1.29, 1.82) is 0 Å². The van der Waals surface area contributed by atoms with Crippen LogP contribution in [0.2, 0.25) is 0 Å². The number of rotatable bonds is 6. The first-order valence-corrected chi connectivity index (χ1v) is 10.6. The molecule has 2 aliphatic heterocycles. The van der Waals surface area contributed by atoms with Crippen molar-refractivity contribution in [3.05, 3.63) is 66.0 Å². The van der Waals surface area contributed by atoms with Crippen LogP contribution in [0.25, 0.3) is 0 Å². The Labute approximate surface area is 187 Å². The molecule has 0 bridgehead atoms. The molecule has 11 heteroatoms. The number of aliphatic carboxylic acids is 1. The summed E-state index contributed by atoms with van der Waals surface area (Å²) in [5.41, 5.74) is 5.65. The van der Waals surface area contributed by atoms with Gasteiger partial charge in [-0.3, -0.25) is 14.5 Å². The molecular weight excluding hydrogens is 434 g/mol. The molecule has 0 aliphatic carbocycles. The number of β-lactam (4-membered cyclic amide) rings is 1. The topological polar surface area (TPSA) is 147 Å². The largest absolute Gasteiger partial charge is 0.477 e. The van der Waals surface area contributed by atoms with Crippen LogP contribution >= 0.6 is 11.8 Å². The number of nitrogens with one attached hydrogen (secondary N) is 1. The molecule has 2 amide bonds. The lowest BCUT2D eigenvalue weighted by Gasteiger charge is -2.49. The van der Waals surface area contributed by atoms with Crippen molar-refractivity contribution in [3.63, 3.8) is 0 Å². The highest BCUT2D eigenvalue weighted by atomic mass is 32.2. The quantitative estimate of drug-likeness (QED) is 0.336. The van der Waals surface area contributed by atoms with Crippen LogP contribution in [0.5, 0.6) is 5.75 Å². The fraction of sp³-hybridized carbons (Fsp3) is 0.190. The number of oxime groups is 1. The molecule has 3 heterocycles. The zero-order valence-corrected chi connectivity index (χ0v) is 17.7. The first-order chi connectivity index (χ1) is 15.3. The highest BCUT2D eigenvalue weighted by molar-refractivity contribution is 8.00. The highest BCUT2D eigenvalue weighted by Gasteiger charge is 2.54. The summed E-state index contributed by atoms with van der Waals surface area (Å²) in [6, 6.07) is 12.4. The maximum absolute atomic E-state index is 13.1. The SMILES string of the molecule is CC1C=C(C(=O)O)N2C(=O)C(NC(=O)/C(=N/Oc3ccccc3)c3cccc(N)n3)[C@H]2S1. The number of para-hydroxylation sites is 1. The van der Waals surface area contributed by atoms with Gasteiger partial charge in [0.05, 0.1) is 0 Å². The van der Waals surface area contributed by atoms with Crippen molar-refractivity contribution in [2.75, 3.05) is 5.73 Å². The Morgan fingerprint density at radius 1 is 1.22 bits per heavy atom. The van der Waals surface area contributed by atoms with E-state index in [0.717, 1.165) is 0 Å². The number of hydrogen-bond donors (Lipinski definition) is 3. The van der Waals surface area contributed by atoms with E-state index >= 15 is 0 Å². The molecule has 32 heavy (non-hydrogen) atoms. The molecule has 0 radical (unpaired) electrons. The number of carboxylic acids is 1. The number of nitrogens with zero attached hydrogens (tertiary/aromatic N) is 3. The maximum atomic E-state index is 13.1. The van der Waals surface area contributed by atoms with Crippen molar-refractivity contribution in [2.24, 2.45) is 5.16 Å². The van der Waals surface area contributed by atoms with E-state index in [9.17, 15) is 19.5 Å². The van der Waals surface area contributed by atoms with Gasteiger partial charge in [-0.1, -0.05) is 29.4 Å². The van der Waals surface area contributed by atoms with Crippen LogP contribution in [0.1, 0.15) is 12.6 Å². The molecule has 164 valence electrons. The molecule has 2 aliphatic rings. The van der Waals surface area contributed by atoms with Crippen LogP contribution in [0.15, 0.2) is 65.5 Å². The Morgan fingerprint density at radius 2 is 1.97 bits per heavy atom. The second kappa shape index (κ2) is 8.71. The molecule has 4 N–H and O–H groups in total. The van der Waals surface area contributed by atoms with Gasteiger partial charge in [-0.2, -0.15) is 0 Å². The molecule has 1 saturated heterocycles. The van der Waals surface area contributed by atoms with Gasteiger partial charge in [0.25, 0.3) is 11.8 Å². The molecule has 0 saturated carbocycles. The Bertz CT molecular complexity index is 1140. The molecule has 2 unspecified atom stereocenters. The number of thioether (sulfide) groups is 1. The summed E-state index contributed by atoms with van der Waals surface area (Å²) in [7, 11) is 0. The van der Waals surface area contributed by atoms with Crippen molar-refractivity contribution in [3.8, 4) is 5.75 Å².